The van der Waals surface area contributed by atoms with Crippen LogP contribution in [0.2, 0.25) is 0 Å². The Hall–Kier alpha value is -2.78. The average Bonchev–Trinajstić information content (AvgIpc) is 2.87. The van der Waals surface area contributed by atoms with Crippen molar-refractivity contribution in [2.45, 2.75) is 13.0 Å². The van der Waals surface area contributed by atoms with E-state index in [0.29, 0.717) is 22.9 Å². The van der Waals surface area contributed by atoms with Crippen molar-refractivity contribution in [1.29, 1.82) is 5.26 Å². The minimum absolute atomic E-state index is 0.248. The molecule has 1 atom stereocenters. The van der Waals surface area contributed by atoms with E-state index in [4.69, 9.17) is 11.0 Å². The predicted molar refractivity (Wildman–Crippen MR) is 74.0 cm³/mol. The van der Waals surface area contributed by atoms with Crippen LogP contribution < -0.4 is 5.73 Å². The van der Waals surface area contributed by atoms with Crippen LogP contribution in [0.15, 0.2) is 36.7 Å². The zero-order valence-corrected chi connectivity index (χ0v) is 10.9. The molecule has 0 aliphatic carbocycles. The number of nitriles is 1. The second-order valence-electron chi connectivity index (χ2n) is 4.46. The summed E-state index contributed by atoms with van der Waals surface area (Å²) >= 11 is 0. The summed E-state index contributed by atoms with van der Waals surface area (Å²) in [7, 11) is 0. The summed E-state index contributed by atoms with van der Waals surface area (Å²) in [5.74, 6) is 1.34. The summed E-state index contributed by atoms with van der Waals surface area (Å²) in [6.07, 6.45) is 3.23. The number of nitrogens with two attached hydrogens (primary N) is 1. The Morgan fingerprint density at radius 3 is 2.80 bits per heavy atom. The summed E-state index contributed by atoms with van der Waals surface area (Å²) in [5, 5.41) is 8.83. The molecule has 20 heavy (non-hydrogen) atoms. The number of hydrogen-bond donors (Lipinski definition) is 1. The molecular formula is C14H12N6. The molecule has 0 bridgehead atoms. The molecule has 0 aliphatic rings. The minimum atomic E-state index is -0.248. The highest BCUT2D eigenvalue weighted by molar-refractivity contribution is 5.73. The van der Waals surface area contributed by atoms with Gasteiger partial charge in [0, 0.05) is 12.4 Å². The SMILES string of the molecule is CC(N)c1nc2cccnc2n1-c1ccc(C#N)cn1. The van der Waals surface area contributed by atoms with Gasteiger partial charge in [-0.2, -0.15) is 5.26 Å². The van der Waals surface area contributed by atoms with Gasteiger partial charge >= 0.3 is 0 Å². The maximum Gasteiger partial charge on any atom is 0.165 e. The van der Waals surface area contributed by atoms with Crippen LogP contribution in [-0.4, -0.2) is 19.5 Å². The molecule has 0 fully saturated rings. The molecule has 0 saturated heterocycles. The predicted octanol–water partition coefficient (Wildman–Crippen LogP) is 1.71. The molecule has 3 rings (SSSR count). The van der Waals surface area contributed by atoms with Crippen molar-refractivity contribution in [3.8, 4) is 11.9 Å². The molecule has 0 spiro atoms. The maximum absolute atomic E-state index is 8.83. The zero-order chi connectivity index (χ0) is 14.1. The lowest BCUT2D eigenvalue weighted by Gasteiger charge is -2.09. The van der Waals surface area contributed by atoms with Crippen LogP contribution >= 0.6 is 0 Å². The number of nitrogens with zero attached hydrogens (tertiary/aromatic N) is 5. The van der Waals surface area contributed by atoms with Gasteiger partial charge in [-0.25, -0.2) is 15.0 Å². The highest BCUT2D eigenvalue weighted by Gasteiger charge is 2.16. The number of aromatic nitrogens is 4. The molecule has 2 N–H and O–H groups in total. The number of imidazole rings is 1. The third kappa shape index (κ3) is 1.90. The maximum atomic E-state index is 8.83. The van der Waals surface area contributed by atoms with E-state index < -0.39 is 0 Å². The van der Waals surface area contributed by atoms with Crippen LogP contribution in [-0.2, 0) is 0 Å². The number of hydrogen-bond acceptors (Lipinski definition) is 5. The highest BCUT2D eigenvalue weighted by Crippen LogP contribution is 2.21. The fraction of sp³-hybridized carbons (Fsp3) is 0.143. The van der Waals surface area contributed by atoms with Crippen molar-refractivity contribution < 1.29 is 0 Å². The van der Waals surface area contributed by atoms with E-state index >= 15 is 0 Å². The molecule has 0 aliphatic heterocycles. The molecule has 0 aromatic carbocycles. The molecule has 3 aromatic heterocycles. The Morgan fingerprint density at radius 1 is 1.30 bits per heavy atom. The van der Waals surface area contributed by atoms with E-state index in [1.54, 1.807) is 18.3 Å². The van der Waals surface area contributed by atoms with Gasteiger partial charge < -0.3 is 5.73 Å². The van der Waals surface area contributed by atoms with Crippen molar-refractivity contribution in [3.63, 3.8) is 0 Å². The molecule has 6 heteroatoms. The van der Waals surface area contributed by atoms with Crippen LogP contribution in [0.3, 0.4) is 0 Å². The molecule has 0 amide bonds. The van der Waals surface area contributed by atoms with Gasteiger partial charge in [-0.3, -0.25) is 4.57 Å². The van der Waals surface area contributed by atoms with Crippen LogP contribution in [0.1, 0.15) is 24.4 Å². The first-order valence-electron chi connectivity index (χ1n) is 6.16. The van der Waals surface area contributed by atoms with Gasteiger partial charge in [-0.1, -0.05) is 0 Å². The Labute approximate surface area is 115 Å². The number of fused-ring (bicyclic) bond motifs is 1. The first-order chi connectivity index (χ1) is 9.70. The molecular weight excluding hydrogens is 252 g/mol. The largest absolute Gasteiger partial charge is 0.322 e. The second kappa shape index (κ2) is 4.72. The van der Waals surface area contributed by atoms with E-state index in [0.717, 1.165) is 5.52 Å². The van der Waals surface area contributed by atoms with Crippen LogP contribution in [0, 0.1) is 11.3 Å². The molecule has 1 unspecified atom stereocenters. The van der Waals surface area contributed by atoms with Crippen LogP contribution in [0.25, 0.3) is 17.0 Å². The van der Waals surface area contributed by atoms with Gasteiger partial charge in [0.2, 0.25) is 0 Å². The third-order valence-corrected chi connectivity index (χ3v) is 2.96. The summed E-state index contributed by atoms with van der Waals surface area (Å²) in [6, 6.07) is 8.99. The van der Waals surface area contributed by atoms with Gasteiger partial charge in [0.15, 0.2) is 5.65 Å². The molecule has 98 valence electrons. The second-order valence-corrected chi connectivity index (χ2v) is 4.46. The smallest absolute Gasteiger partial charge is 0.165 e. The van der Waals surface area contributed by atoms with Gasteiger partial charge in [-0.15, -0.1) is 0 Å². The lowest BCUT2D eigenvalue weighted by atomic mass is 10.3. The number of rotatable bonds is 2. The quantitative estimate of drug-likeness (QED) is 0.760. The van der Waals surface area contributed by atoms with Crippen LogP contribution in [0.4, 0.5) is 0 Å². The average molecular weight is 264 g/mol. The lowest BCUT2D eigenvalue weighted by Crippen LogP contribution is -2.13. The van der Waals surface area contributed by atoms with Crippen molar-refractivity contribution in [2.75, 3.05) is 0 Å². The Morgan fingerprint density at radius 2 is 2.15 bits per heavy atom. The fourth-order valence-electron chi connectivity index (χ4n) is 2.05. The highest BCUT2D eigenvalue weighted by atomic mass is 15.2. The van der Waals surface area contributed by atoms with E-state index in [1.165, 1.54) is 6.20 Å². The molecule has 6 nitrogen and oxygen atoms in total. The van der Waals surface area contributed by atoms with Crippen molar-refractivity contribution in [3.05, 3.63) is 48.0 Å². The summed E-state index contributed by atoms with van der Waals surface area (Å²) < 4.78 is 1.82. The lowest BCUT2D eigenvalue weighted by molar-refractivity contribution is 0.719. The Bertz CT molecular complexity index is 795. The fourth-order valence-corrected chi connectivity index (χ4v) is 2.05. The first kappa shape index (κ1) is 12.3. The monoisotopic (exact) mass is 264 g/mol. The molecule has 3 heterocycles. The summed E-state index contributed by atoms with van der Waals surface area (Å²) in [4.78, 5) is 13.1. The van der Waals surface area contributed by atoms with E-state index in [-0.39, 0.29) is 6.04 Å². The third-order valence-electron chi connectivity index (χ3n) is 2.96. The van der Waals surface area contributed by atoms with Crippen LogP contribution in [0.5, 0.6) is 0 Å². The Kier molecular flexibility index (Phi) is 2.89. The standard InChI is InChI=1S/C14H12N6/c1-9(16)13-19-11-3-2-6-17-14(11)20(13)12-5-4-10(7-15)8-18-12/h2-6,8-9H,16H2,1H3. The minimum Gasteiger partial charge on any atom is -0.322 e. The molecule has 0 saturated carbocycles. The van der Waals surface area contributed by atoms with E-state index in [9.17, 15) is 0 Å². The van der Waals surface area contributed by atoms with Gasteiger partial charge in [0.1, 0.15) is 23.2 Å². The van der Waals surface area contributed by atoms with Crippen molar-refractivity contribution >= 4 is 11.2 Å². The van der Waals surface area contributed by atoms with Gasteiger partial charge in [0.05, 0.1) is 11.6 Å². The van der Waals surface area contributed by atoms with Crippen molar-refractivity contribution in [1.82, 2.24) is 19.5 Å². The van der Waals surface area contributed by atoms with E-state index in [2.05, 4.69) is 15.0 Å². The summed E-state index contributed by atoms with van der Waals surface area (Å²) in [6.45, 7) is 1.86. The van der Waals surface area contributed by atoms with E-state index in [1.807, 2.05) is 29.7 Å². The zero-order valence-electron chi connectivity index (χ0n) is 10.9. The Balaban J connectivity index is 2.27. The number of pyridine rings is 2. The van der Waals surface area contributed by atoms with Gasteiger partial charge in [0.25, 0.3) is 0 Å². The normalized spacial score (nSPS) is 12.2. The first-order valence-corrected chi connectivity index (χ1v) is 6.16. The molecule has 3 aromatic rings. The topological polar surface area (TPSA) is 93.4 Å². The summed E-state index contributed by atoms with van der Waals surface area (Å²) in [5.41, 5.74) is 7.96. The van der Waals surface area contributed by atoms with Gasteiger partial charge in [-0.05, 0) is 31.2 Å². The van der Waals surface area contributed by atoms with Crippen molar-refractivity contribution in [2.24, 2.45) is 5.73 Å². The molecule has 0 radical (unpaired) electrons.